The number of aryl methyl sites for hydroxylation is 2. The van der Waals surface area contributed by atoms with E-state index >= 15 is 0 Å². The first kappa shape index (κ1) is 15.7. The van der Waals surface area contributed by atoms with Gasteiger partial charge in [-0.1, -0.05) is 13.3 Å². The lowest BCUT2D eigenvalue weighted by Gasteiger charge is -2.30. The number of nitrogens with zero attached hydrogens (tertiary/aromatic N) is 2. The molecule has 0 saturated carbocycles. The van der Waals surface area contributed by atoms with E-state index in [1.54, 1.807) is 0 Å². The van der Waals surface area contributed by atoms with E-state index in [9.17, 15) is 5.11 Å². The molecule has 0 aromatic carbocycles. The number of hydrogen-bond donors (Lipinski definition) is 2. The lowest BCUT2D eigenvalue weighted by atomic mass is 9.80. The van der Waals surface area contributed by atoms with Crippen LogP contribution >= 0.6 is 15.9 Å². The maximum absolute atomic E-state index is 9.71. The molecule has 1 rings (SSSR count). The third-order valence-electron chi connectivity index (χ3n) is 3.54. The van der Waals surface area contributed by atoms with Crippen molar-refractivity contribution in [2.45, 2.75) is 46.6 Å². The average Bonchev–Trinajstić information content (AvgIpc) is 2.65. The Labute approximate surface area is 118 Å². The Balaban J connectivity index is 3.07. The van der Waals surface area contributed by atoms with Crippen LogP contribution in [0.25, 0.3) is 0 Å². The van der Waals surface area contributed by atoms with Crippen molar-refractivity contribution >= 4 is 15.9 Å². The van der Waals surface area contributed by atoms with E-state index in [4.69, 9.17) is 5.73 Å². The van der Waals surface area contributed by atoms with Gasteiger partial charge < -0.3 is 10.8 Å². The first-order chi connectivity index (χ1) is 8.53. The van der Waals surface area contributed by atoms with Gasteiger partial charge in [-0.05, 0) is 42.6 Å². The number of hydrogen-bond acceptors (Lipinski definition) is 3. The molecule has 18 heavy (non-hydrogen) atoms. The van der Waals surface area contributed by atoms with Crippen LogP contribution in [0.3, 0.4) is 0 Å². The van der Waals surface area contributed by atoms with Crippen molar-refractivity contribution in [1.29, 1.82) is 0 Å². The van der Waals surface area contributed by atoms with Crippen molar-refractivity contribution in [2.24, 2.45) is 11.1 Å². The van der Waals surface area contributed by atoms with E-state index in [1.165, 1.54) is 0 Å². The molecule has 0 fully saturated rings. The molecule has 0 bridgehead atoms. The van der Waals surface area contributed by atoms with Crippen molar-refractivity contribution in [3.8, 4) is 0 Å². The van der Waals surface area contributed by atoms with Crippen molar-refractivity contribution < 1.29 is 5.11 Å². The molecule has 0 aliphatic carbocycles. The Kier molecular flexibility index (Phi) is 5.82. The molecule has 0 saturated heterocycles. The van der Waals surface area contributed by atoms with Gasteiger partial charge in [0.1, 0.15) is 0 Å². The third kappa shape index (κ3) is 3.13. The second-order valence-electron chi connectivity index (χ2n) is 4.95. The van der Waals surface area contributed by atoms with Crippen LogP contribution in [0.4, 0.5) is 0 Å². The zero-order valence-corrected chi connectivity index (χ0v) is 13.1. The van der Waals surface area contributed by atoms with Crippen LogP contribution in [0.15, 0.2) is 4.47 Å². The van der Waals surface area contributed by atoms with Gasteiger partial charge in [-0.2, -0.15) is 5.10 Å². The summed E-state index contributed by atoms with van der Waals surface area (Å²) in [5, 5.41) is 14.2. The average molecular weight is 318 g/mol. The Hall–Kier alpha value is -0.390. The Morgan fingerprint density at radius 2 is 2.11 bits per heavy atom. The number of aliphatic hydroxyl groups is 1. The largest absolute Gasteiger partial charge is 0.396 e. The molecular formula is C13H24BrN3O. The zero-order valence-electron chi connectivity index (χ0n) is 11.5. The van der Waals surface area contributed by atoms with E-state index in [0.29, 0.717) is 6.54 Å². The maximum Gasteiger partial charge on any atom is 0.0738 e. The molecule has 5 heteroatoms. The van der Waals surface area contributed by atoms with E-state index in [-0.39, 0.29) is 12.0 Å². The molecule has 1 aromatic heterocycles. The third-order valence-corrected chi connectivity index (χ3v) is 4.58. The van der Waals surface area contributed by atoms with Crippen LogP contribution in [0, 0.1) is 12.3 Å². The van der Waals surface area contributed by atoms with Crippen LogP contribution in [0.2, 0.25) is 0 Å². The molecule has 1 aromatic rings. The predicted molar refractivity (Wildman–Crippen MR) is 77.5 cm³/mol. The van der Waals surface area contributed by atoms with Crippen molar-refractivity contribution in [3.05, 3.63) is 15.9 Å². The van der Waals surface area contributed by atoms with Crippen molar-refractivity contribution in [1.82, 2.24) is 9.78 Å². The quantitative estimate of drug-likeness (QED) is 0.810. The molecule has 0 spiro atoms. The summed E-state index contributed by atoms with van der Waals surface area (Å²) in [6.07, 6.45) is 2.72. The Bertz CT molecular complexity index is 386. The summed E-state index contributed by atoms with van der Waals surface area (Å²) >= 11 is 3.60. The smallest absolute Gasteiger partial charge is 0.0738 e. The summed E-state index contributed by atoms with van der Waals surface area (Å²) in [5.41, 5.74) is 7.80. The van der Waals surface area contributed by atoms with Gasteiger partial charge in [0.05, 0.1) is 22.5 Å². The monoisotopic (exact) mass is 317 g/mol. The molecule has 104 valence electrons. The molecule has 1 heterocycles. The van der Waals surface area contributed by atoms with Gasteiger partial charge in [0.15, 0.2) is 0 Å². The molecule has 0 aliphatic heterocycles. The Morgan fingerprint density at radius 3 is 2.56 bits per heavy atom. The minimum absolute atomic E-state index is 0.123. The highest BCUT2D eigenvalue weighted by atomic mass is 79.9. The number of halogens is 1. The van der Waals surface area contributed by atoms with Crippen LogP contribution in [-0.2, 0) is 13.0 Å². The van der Waals surface area contributed by atoms with Gasteiger partial charge in [-0.15, -0.1) is 0 Å². The van der Waals surface area contributed by atoms with Crippen LogP contribution in [0.5, 0.6) is 0 Å². The number of aliphatic hydroxyl groups excluding tert-OH is 1. The van der Waals surface area contributed by atoms with E-state index < -0.39 is 0 Å². The van der Waals surface area contributed by atoms with Gasteiger partial charge in [0, 0.05) is 18.5 Å². The van der Waals surface area contributed by atoms with Crippen LogP contribution in [-0.4, -0.2) is 28.0 Å². The summed E-state index contributed by atoms with van der Waals surface area (Å²) in [5.74, 6) is 0. The zero-order chi connectivity index (χ0) is 13.8. The first-order valence-electron chi connectivity index (χ1n) is 6.56. The highest BCUT2D eigenvalue weighted by Gasteiger charge is 2.30. The first-order valence-corrected chi connectivity index (χ1v) is 7.35. The summed E-state index contributed by atoms with van der Waals surface area (Å²) in [6, 6.07) is 0. The summed E-state index contributed by atoms with van der Waals surface area (Å²) < 4.78 is 3.04. The highest BCUT2D eigenvalue weighted by molar-refractivity contribution is 9.10. The SMILES string of the molecule is CCCC(CN)(CO)Cc1c(Br)c(C)nn1CC. The topological polar surface area (TPSA) is 64.1 Å². The number of aromatic nitrogens is 2. The minimum Gasteiger partial charge on any atom is -0.396 e. The normalized spacial score (nSPS) is 14.8. The van der Waals surface area contributed by atoms with Crippen molar-refractivity contribution in [2.75, 3.05) is 13.2 Å². The lowest BCUT2D eigenvalue weighted by Crippen LogP contribution is -2.37. The second kappa shape index (κ2) is 6.68. The Morgan fingerprint density at radius 1 is 1.44 bits per heavy atom. The second-order valence-corrected chi connectivity index (χ2v) is 5.74. The van der Waals surface area contributed by atoms with Gasteiger partial charge >= 0.3 is 0 Å². The van der Waals surface area contributed by atoms with Gasteiger partial charge in [0.2, 0.25) is 0 Å². The van der Waals surface area contributed by atoms with Gasteiger partial charge in [0.25, 0.3) is 0 Å². The molecule has 0 amide bonds. The summed E-state index contributed by atoms with van der Waals surface area (Å²) in [7, 11) is 0. The van der Waals surface area contributed by atoms with E-state index in [1.807, 2.05) is 11.6 Å². The van der Waals surface area contributed by atoms with Gasteiger partial charge in [-0.3, -0.25) is 4.68 Å². The fourth-order valence-corrected chi connectivity index (χ4v) is 2.81. The number of rotatable bonds is 7. The molecule has 3 N–H and O–H groups in total. The molecule has 1 atom stereocenters. The minimum atomic E-state index is -0.226. The predicted octanol–water partition coefficient (Wildman–Crippen LogP) is 2.25. The highest BCUT2D eigenvalue weighted by Crippen LogP contribution is 2.31. The van der Waals surface area contributed by atoms with Crippen LogP contribution in [0.1, 0.15) is 38.1 Å². The van der Waals surface area contributed by atoms with E-state index in [2.05, 4.69) is 34.9 Å². The standard InChI is InChI=1S/C13H24BrN3O/c1-4-6-13(8-15,9-18)7-11-12(14)10(3)16-17(11)5-2/h18H,4-9,15H2,1-3H3. The number of nitrogens with two attached hydrogens (primary N) is 1. The fraction of sp³-hybridized carbons (Fsp3) is 0.769. The maximum atomic E-state index is 9.71. The van der Waals surface area contributed by atoms with Crippen molar-refractivity contribution in [3.63, 3.8) is 0 Å². The fourth-order valence-electron chi connectivity index (χ4n) is 2.39. The van der Waals surface area contributed by atoms with Gasteiger partial charge in [-0.25, -0.2) is 0 Å². The van der Waals surface area contributed by atoms with E-state index in [0.717, 1.165) is 41.7 Å². The molecule has 1 unspecified atom stereocenters. The molecule has 0 aliphatic rings. The summed E-state index contributed by atoms with van der Waals surface area (Å²) in [4.78, 5) is 0. The summed E-state index contributed by atoms with van der Waals surface area (Å²) in [6.45, 7) is 7.64. The molecular weight excluding hydrogens is 294 g/mol. The van der Waals surface area contributed by atoms with Crippen LogP contribution < -0.4 is 5.73 Å². The lowest BCUT2D eigenvalue weighted by molar-refractivity contribution is 0.118. The molecule has 4 nitrogen and oxygen atoms in total. The molecule has 0 radical (unpaired) electrons.